The summed E-state index contributed by atoms with van der Waals surface area (Å²) in [6, 6.07) is 3.93. The molecule has 0 aliphatic heterocycles. The number of fused-ring (bicyclic) bond motifs is 1. The zero-order chi connectivity index (χ0) is 10.1. The van der Waals surface area contributed by atoms with Crippen LogP contribution in [-0.2, 0) is 6.42 Å². The van der Waals surface area contributed by atoms with Crippen molar-refractivity contribution >= 4 is 21.6 Å². The van der Waals surface area contributed by atoms with Crippen molar-refractivity contribution in [1.29, 1.82) is 0 Å². The van der Waals surface area contributed by atoms with E-state index in [0.29, 0.717) is 5.92 Å². The van der Waals surface area contributed by atoms with Crippen LogP contribution in [0.1, 0.15) is 19.7 Å². The van der Waals surface area contributed by atoms with Gasteiger partial charge in [0.05, 0.1) is 0 Å². The molecule has 0 aromatic carbocycles. The highest BCUT2D eigenvalue weighted by Gasteiger charge is 2.05. The SMILES string of the molecule is CC(C)Cc1nc2cc(Br)ccn2n1. The van der Waals surface area contributed by atoms with E-state index in [-0.39, 0.29) is 0 Å². The Kier molecular flexibility index (Phi) is 2.54. The quantitative estimate of drug-likeness (QED) is 0.824. The minimum absolute atomic E-state index is 0.593. The van der Waals surface area contributed by atoms with Gasteiger partial charge in [0, 0.05) is 17.1 Å². The molecule has 4 heteroatoms. The second-order valence-corrected chi connectivity index (χ2v) is 4.69. The molecule has 0 unspecified atom stereocenters. The fourth-order valence-electron chi connectivity index (χ4n) is 1.35. The number of hydrogen-bond donors (Lipinski definition) is 0. The lowest BCUT2D eigenvalue weighted by molar-refractivity contribution is 0.620. The van der Waals surface area contributed by atoms with Crippen LogP contribution in [0.15, 0.2) is 22.8 Å². The van der Waals surface area contributed by atoms with E-state index in [9.17, 15) is 0 Å². The maximum atomic E-state index is 4.44. The Bertz CT molecular complexity index is 448. The minimum Gasteiger partial charge on any atom is -0.221 e. The van der Waals surface area contributed by atoms with Gasteiger partial charge >= 0.3 is 0 Å². The maximum Gasteiger partial charge on any atom is 0.156 e. The molecule has 0 spiro atoms. The molecule has 0 amide bonds. The Morgan fingerprint density at radius 3 is 3.00 bits per heavy atom. The Labute approximate surface area is 91.3 Å². The van der Waals surface area contributed by atoms with E-state index in [4.69, 9.17) is 0 Å². The highest BCUT2D eigenvalue weighted by Crippen LogP contribution is 2.12. The average Bonchev–Trinajstić information content (AvgIpc) is 2.44. The highest BCUT2D eigenvalue weighted by atomic mass is 79.9. The van der Waals surface area contributed by atoms with Crippen LogP contribution < -0.4 is 0 Å². The van der Waals surface area contributed by atoms with E-state index in [2.05, 4.69) is 39.9 Å². The van der Waals surface area contributed by atoms with Crippen LogP contribution in [0.25, 0.3) is 5.65 Å². The zero-order valence-electron chi connectivity index (χ0n) is 8.24. The molecule has 14 heavy (non-hydrogen) atoms. The summed E-state index contributed by atoms with van der Waals surface area (Å²) in [5.41, 5.74) is 0.898. The zero-order valence-corrected chi connectivity index (χ0v) is 9.82. The lowest BCUT2D eigenvalue weighted by atomic mass is 10.1. The first-order valence-corrected chi connectivity index (χ1v) is 5.45. The van der Waals surface area contributed by atoms with Gasteiger partial charge in [-0.3, -0.25) is 0 Å². The van der Waals surface area contributed by atoms with Crippen molar-refractivity contribution in [2.75, 3.05) is 0 Å². The molecule has 0 fully saturated rings. The van der Waals surface area contributed by atoms with E-state index in [1.807, 2.05) is 22.8 Å². The molecule has 74 valence electrons. The molecule has 2 aromatic heterocycles. The third kappa shape index (κ3) is 1.95. The fourth-order valence-corrected chi connectivity index (χ4v) is 1.68. The van der Waals surface area contributed by atoms with E-state index in [1.165, 1.54) is 0 Å². The lowest BCUT2D eigenvalue weighted by Gasteiger charge is -1.96. The molecule has 3 nitrogen and oxygen atoms in total. The summed E-state index contributed by atoms with van der Waals surface area (Å²) in [6.07, 6.45) is 2.84. The fraction of sp³-hybridized carbons (Fsp3) is 0.400. The van der Waals surface area contributed by atoms with Gasteiger partial charge in [-0.05, 0) is 18.1 Å². The molecule has 0 saturated carbocycles. The number of nitrogens with zero attached hydrogens (tertiary/aromatic N) is 3. The summed E-state index contributed by atoms with van der Waals surface area (Å²) in [6.45, 7) is 4.34. The van der Waals surface area contributed by atoms with Crippen LogP contribution in [-0.4, -0.2) is 14.6 Å². The van der Waals surface area contributed by atoms with Crippen molar-refractivity contribution in [3.8, 4) is 0 Å². The van der Waals surface area contributed by atoms with Crippen molar-refractivity contribution in [1.82, 2.24) is 14.6 Å². The van der Waals surface area contributed by atoms with Crippen molar-refractivity contribution in [2.45, 2.75) is 20.3 Å². The van der Waals surface area contributed by atoms with Crippen LogP contribution in [0, 0.1) is 5.92 Å². The monoisotopic (exact) mass is 253 g/mol. The third-order valence-corrected chi connectivity index (χ3v) is 2.43. The second-order valence-electron chi connectivity index (χ2n) is 3.77. The van der Waals surface area contributed by atoms with Gasteiger partial charge in [-0.15, -0.1) is 0 Å². The molecule has 0 aliphatic carbocycles. The predicted octanol–water partition coefficient (Wildman–Crippen LogP) is 2.69. The number of aromatic nitrogens is 3. The van der Waals surface area contributed by atoms with Gasteiger partial charge in [-0.25, -0.2) is 9.50 Å². The van der Waals surface area contributed by atoms with Crippen LogP contribution in [0.2, 0.25) is 0 Å². The normalized spacial score (nSPS) is 11.4. The standard InChI is InChI=1S/C10H12BrN3/c1-7(2)5-9-12-10-6-8(11)3-4-14(10)13-9/h3-4,6-7H,5H2,1-2H3. The van der Waals surface area contributed by atoms with Gasteiger partial charge in [0.2, 0.25) is 0 Å². The third-order valence-electron chi connectivity index (χ3n) is 1.93. The smallest absolute Gasteiger partial charge is 0.156 e. The largest absolute Gasteiger partial charge is 0.221 e. The average molecular weight is 254 g/mol. The highest BCUT2D eigenvalue weighted by molar-refractivity contribution is 9.10. The number of rotatable bonds is 2. The molecule has 0 atom stereocenters. The van der Waals surface area contributed by atoms with Crippen LogP contribution in [0.4, 0.5) is 0 Å². The van der Waals surface area contributed by atoms with Crippen molar-refractivity contribution in [2.24, 2.45) is 5.92 Å². The van der Waals surface area contributed by atoms with Gasteiger partial charge in [-0.1, -0.05) is 29.8 Å². The van der Waals surface area contributed by atoms with Crippen molar-refractivity contribution in [3.63, 3.8) is 0 Å². The Morgan fingerprint density at radius 1 is 1.50 bits per heavy atom. The van der Waals surface area contributed by atoms with Gasteiger partial charge in [0.15, 0.2) is 11.5 Å². The molecule has 0 radical (unpaired) electrons. The van der Waals surface area contributed by atoms with E-state index in [0.717, 1.165) is 22.4 Å². The van der Waals surface area contributed by atoms with Gasteiger partial charge in [-0.2, -0.15) is 5.10 Å². The second kappa shape index (κ2) is 3.69. The molecule has 0 N–H and O–H groups in total. The minimum atomic E-state index is 0.593. The summed E-state index contributed by atoms with van der Waals surface area (Å²) in [4.78, 5) is 4.44. The van der Waals surface area contributed by atoms with E-state index in [1.54, 1.807) is 0 Å². The first-order chi connectivity index (χ1) is 6.65. The number of hydrogen-bond acceptors (Lipinski definition) is 2. The summed E-state index contributed by atoms with van der Waals surface area (Å²) in [5.74, 6) is 1.51. The summed E-state index contributed by atoms with van der Waals surface area (Å²) < 4.78 is 2.84. The van der Waals surface area contributed by atoms with Crippen LogP contribution in [0.5, 0.6) is 0 Å². The first-order valence-electron chi connectivity index (χ1n) is 4.66. The molecule has 2 rings (SSSR count). The molecule has 2 aromatic rings. The topological polar surface area (TPSA) is 30.2 Å². The van der Waals surface area contributed by atoms with E-state index < -0.39 is 0 Å². The molecular formula is C10H12BrN3. The van der Waals surface area contributed by atoms with Crippen molar-refractivity contribution < 1.29 is 0 Å². The molecular weight excluding hydrogens is 242 g/mol. The lowest BCUT2D eigenvalue weighted by Crippen LogP contribution is -1.96. The molecule has 0 saturated heterocycles. The predicted molar refractivity (Wildman–Crippen MR) is 59.2 cm³/mol. The van der Waals surface area contributed by atoms with Gasteiger partial charge in [0.25, 0.3) is 0 Å². The Morgan fingerprint density at radius 2 is 2.29 bits per heavy atom. The van der Waals surface area contributed by atoms with Crippen molar-refractivity contribution in [3.05, 3.63) is 28.6 Å². The molecule has 0 bridgehead atoms. The summed E-state index contributed by atoms with van der Waals surface area (Å²) >= 11 is 3.41. The summed E-state index contributed by atoms with van der Waals surface area (Å²) in [5, 5.41) is 4.38. The van der Waals surface area contributed by atoms with Crippen LogP contribution in [0.3, 0.4) is 0 Å². The van der Waals surface area contributed by atoms with Gasteiger partial charge in [0.1, 0.15) is 0 Å². The van der Waals surface area contributed by atoms with Crippen LogP contribution >= 0.6 is 15.9 Å². The van der Waals surface area contributed by atoms with E-state index >= 15 is 0 Å². The number of halogens is 1. The molecule has 2 heterocycles. The molecule has 0 aliphatic rings. The number of pyridine rings is 1. The first kappa shape index (κ1) is 9.65. The maximum absolute atomic E-state index is 4.44. The Balaban J connectivity index is 2.41. The Hall–Kier alpha value is -0.900. The summed E-state index contributed by atoms with van der Waals surface area (Å²) in [7, 11) is 0. The van der Waals surface area contributed by atoms with Gasteiger partial charge < -0.3 is 0 Å².